The molecule has 4 heteroatoms. The molecule has 0 atom stereocenters. The summed E-state index contributed by atoms with van der Waals surface area (Å²) in [4.78, 5) is 34.4. The smallest absolute Gasteiger partial charge is 0.278 e. The third kappa shape index (κ3) is 2.38. The van der Waals surface area contributed by atoms with Crippen LogP contribution in [-0.4, -0.2) is 24.3 Å². The molecule has 3 nitrogen and oxygen atoms in total. The van der Waals surface area contributed by atoms with Gasteiger partial charge in [0.25, 0.3) is 8.07 Å². The van der Waals surface area contributed by atoms with Gasteiger partial charge in [-0.2, -0.15) is 0 Å². The molecule has 0 aliphatic heterocycles. The van der Waals surface area contributed by atoms with Crippen molar-refractivity contribution in [3.05, 3.63) is 0 Å². The van der Waals surface area contributed by atoms with E-state index < -0.39 is 8.07 Å². The van der Waals surface area contributed by atoms with Crippen LogP contribution in [0.5, 0.6) is 0 Å². The van der Waals surface area contributed by atoms with Crippen LogP contribution in [0.25, 0.3) is 0 Å². The van der Waals surface area contributed by atoms with Crippen LogP contribution in [-0.2, 0) is 14.4 Å². The van der Waals surface area contributed by atoms with Crippen molar-refractivity contribution >= 4 is 24.3 Å². The summed E-state index contributed by atoms with van der Waals surface area (Å²) >= 11 is 0. The van der Waals surface area contributed by atoms with Gasteiger partial charge < -0.3 is 14.4 Å². The van der Waals surface area contributed by atoms with E-state index in [9.17, 15) is 14.4 Å². The Bertz CT molecular complexity index is 222. The zero-order valence-corrected chi connectivity index (χ0v) is 10.3. The quantitative estimate of drug-likeness (QED) is 0.631. The SMILES string of the molecule is CCCC[Si](C(C)=O)(C(C)=O)C(C)=O. The van der Waals surface area contributed by atoms with Crippen molar-refractivity contribution in [2.45, 2.75) is 46.6 Å². The van der Waals surface area contributed by atoms with Gasteiger partial charge in [0, 0.05) is 0 Å². The van der Waals surface area contributed by atoms with Gasteiger partial charge in [-0.05, 0) is 26.8 Å². The number of rotatable bonds is 6. The minimum atomic E-state index is -2.97. The van der Waals surface area contributed by atoms with Crippen molar-refractivity contribution in [2.24, 2.45) is 0 Å². The van der Waals surface area contributed by atoms with E-state index in [1.165, 1.54) is 20.8 Å². The molecule has 14 heavy (non-hydrogen) atoms. The summed E-state index contributed by atoms with van der Waals surface area (Å²) in [6, 6.07) is 0.490. The van der Waals surface area contributed by atoms with Crippen LogP contribution in [0.3, 0.4) is 0 Å². The Balaban J connectivity index is 5.06. The fourth-order valence-corrected chi connectivity index (χ4v) is 5.14. The second-order valence-corrected chi connectivity index (χ2v) is 8.10. The molecule has 0 radical (unpaired) electrons. The first-order chi connectivity index (χ1) is 6.39. The Kier molecular flexibility index (Phi) is 4.91. The average Bonchev–Trinajstić information content (AvgIpc) is 2.03. The molecule has 0 unspecified atom stereocenters. The van der Waals surface area contributed by atoms with Crippen LogP contribution in [0.1, 0.15) is 40.5 Å². The van der Waals surface area contributed by atoms with E-state index in [-0.39, 0.29) is 16.2 Å². The molecule has 0 rings (SSSR count). The standard InChI is InChI=1S/C10H18O3Si/c1-5-6-7-14(8(2)11,9(3)12)10(4)13/h5-7H2,1-4H3. The minimum absolute atomic E-state index is 0.189. The lowest BCUT2D eigenvalue weighted by Crippen LogP contribution is -2.56. The molecule has 0 saturated carbocycles. The van der Waals surface area contributed by atoms with E-state index in [1.54, 1.807) is 0 Å². The van der Waals surface area contributed by atoms with Crippen LogP contribution >= 0.6 is 0 Å². The number of carbonyl (C=O) groups is 3. The highest BCUT2D eigenvalue weighted by atomic mass is 28.3. The van der Waals surface area contributed by atoms with Crippen molar-refractivity contribution in [1.29, 1.82) is 0 Å². The van der Waals surface area contributed by atoms with Gasteiger partial charge in [0.1, 0.15) is 16.2 Å². The molecule has 0 aromatic rings. The van der Waals surface area contributed by atoms with Crippen LogP contribution in [0.15, 0.2) is 0 Å². The molecule has 0 spiro atoms. The molecule has 0 aliphatic rings. The van der Waals surface area contributed by atoms with E-state index in [0.717, 1.165) is 12.8 Å². The number of carbonyl (C=O) groups excluding carboxylic acids is 3. The molecule has 0 bridgehead atoms. The first-order valence-electron chi connectivity index (χ1n) is 4.92. The Labute approximate surface area is 85.9 Å². The largest absolute Gasteiger partial charge is 0.305 e. The van der Waals surface area contributed by atoms with Gasteiger partial charge in [-0.25, -0.2) is 0 Å². The molecule has 0 N–H and O–H groups in total. The Hall–Kier alpha value is -0.773. The van der Waals surface area contributed by atoms with Gasteiger partial charge in [-0.15, -0.1) is 0 Å². The van der Waals surface area contributed by atoms with Gasteiger partial charge in [-0.1, -0.05) is 19.8 Å². The third-order valence-corrected chi connectivity index (χ3v) is 7.42. The van der Waals surface area contributed by atoms with E-state index in [0.29, 0.717) is 6.04 Å². The Morgan fingerprint density at radius 2 is 1.29 bits per heavy atom. The monoisotopic (exact) mass is 214 g/mol. The lowest BCUT2D eigenvalue weighted by atomic mass is 10.4. The Morgan fingerprint density at radius 1 is 0.929 bits per heavy atom. The molecule has 0 aromatic carbocycles. The van der Waals surface area contributed by atoms with Gasteiger partial charge in [0.15, 0.2) is 0 Å². The number of unbranched alkanes of at least 4 members (excludes halogenated alkanes) is 1. The highest BCUT2D eigenvalue weighted by Gasteiger charge is 2.48. The molecule has 0 fully saturated rings. The van der Waals surface area contributed by atoms with E-state index >= 15 is 0 Å². The topological polar surface area (TPSA) is 51.2 Å². The normalized spacial score (nSPS) is 11.1. The van der Waals surface area contributed by atoms with Crippen molar-refractivity contribution in [2.75, 3.05) is 0 Å². The zero-order chi connectivity index (χ0) is 11.4. The van der Waals surface area contributed by atoms with Crippen LogP contribution in [0, 0.1) is 0 Å². The summed E-state index contributed by atoms with van der Waals surface area (Å²) in [5, 5.41) is -0.567. The molecule has 0 saturated heterocycles. The maximum Gasteiger partial charge on any atom is 0.278 e. The van der Waals surface area contributed by atoms with Crippen LogP contribution < -0.4 is 0 Å². The minimum Gasteiger partial charge on any atom is -0.305 e. The second-order valence-electron chi connectivity index (χ2n) is 3.68. The van der Waals surface area contributed by atoms with Crippen LogP contribution in [0.4, 0.5) is 0 Å². The van der Waals surface area contributed by atoms with Crippen LogP contribution in [0.2, 0.25) is 6.04 Å². The molecular weight excluding hydrogens is 196 g/mol. The Morgan fingerprint density at radius 3 is 1.50 bits per heavy atom. The van der Waals surface area contributed by atoms with E-state index in [4.69, 9.17) is 0 Å². The molecule has 0 aliphatic carbocycles. The van der Waals surface area contributed by atoms with E-state index in [2.05, 4.69) is 0 Å². The maximum atomic E-state index is 11.5. The average molecular weight is 214 g/mol. The summed E-state index contributed by atoms with van der Waals surface area (Å²) in [7, 11) is -2.97. The second kappa shape index (κ2) is 5.19. The molecular formula is C10H18O3Si. The first kappa shape index (κ1) is 13.2. The summed E-state index contributed by atoms with van der Waals surface area (Å²) in [5.74, 6) is 0. The lowest BCUT2D eigenvalue weighted by molar-refractivity contribution is -0.117. The van der Waals surface area contributed by atoms with E-state index in [1.807, 2.05) is 6.92 Å². The molecule has 80 valence electrons. The first-order valence-corrected chi connectivity index (χ1v) is 7.13. The maximum absolute atomic E-state index is 11.5. The van der Waals surface area contributed by atoms with Crippen molar-refractivity contribution in [3.63, 3.8) is 0 Å². The number of hydrogen-bond donors (Lipinski definition) is 0. The van der Waals surface area contributed by atoms with Crippen molar-refractivity contribution in [1.82, 2.24) is 0 Å². The lowest BCUT2D eigenvalue weighted by Gasteiger charge is -2.21. The predicted octanol–water partition coefficient (Wildman–Crippen LogP) is 1.62. The van der Waals surface area contributed by atoms with Gasteiger partial charge in [-0.3, -0.25) is 0 Å². The number of hydrogen-bond acceptors (Lipinski definition) is 3. The summed E-state index contributed by atoms with van der Waals surface area (Å²) in [6.07, 6.45) is 1.69. The molecule has 0 heterocycles. The molecule has 0 amide bonds. The van der Waals surface area contributed by atoms with Crippen molar-refractivity contribution in [3.8, 4) is 0 Å². The van der Waals surface area contributed by atoms with Crippen molar-refractivity contribution < 1.29 is 14.4 Å². The fraction of sp³-hybridized carbons (Fsp3) is 0.700. The third-order valence-electron chi connectivity index (χ3n) is 2.71. The van der Waals surface area contributed by atoms with Gasteiger partial charge in [0.2, 0.25) is 0 Å². The highest BCUT2D eigenvalue weighted by Crippen LogP contribution is 2.17. The predicted molar refractivity (Wildman–Crippen MR) is 57.5 cm³/mol. The molecule has 0 aromatic heterocycles. The summed E-state index contributed by atoms with van der Waals surface area (Å²) in [5.41, 5.74) is 0. The fourth-order valence-electron chi connectivity index (χ4n) is 1.71. The van der Waals surface area contributed by atoms with Gasteiger partial charge >= 0.3 is 0 Å². The highest BCUT2D eigenvalue weighted by molar-refractivity contribution is 7.40. The summed E-state index contributed by atoms with van der Waals surface area (Å²) < 4.78 is 0. The zero-order valence-electron chi connectivity index (χ0n) is 9.35. The van der Waals surface area contributed by atoms with Gasteiger partial charge in [0.05, 0.1) is 0 Å². The summed E-state index contributed by atoms with van der Waals surface area (Å²) in [6.45, 7) is 6.12.